The highest BCUT2D eigenvalue weighted by molar-refractivity contribution is 6.43. The van der Waals surface area contributed by atoms with E-state index in [0.29, 0.717) is 26.9 Å². The molecule has 0 heterocycles. The zero-order chi connectivity index (χ0) is 16.3. The summed E-state index contributed by atoms with van der Waals surface area (Å²) >= 11 is 12.1. The van der Waals surface area contributed by atoms with Gasteiger partial charge >= 0.3 is 5.97 Å². The minimum absolute atomic E-state index is 0.0877. The lowest BCUT2D eigenvalue weighted by molar-refractivity contribution is -0.130. The van der Waals surface area contributed by atoms with E-state index in [9.17, 15) is 9.90 Å². The predicted molar refractivity (Wildman–Crippen MR) is 89.7 cm³/mol. The first kappa shape index (κ1) is 16.4. The third kappa shape index (κ3) is 3.43. The highest BCUT2D eigenvalue weighted by atomic mass is 35.5. The van der Waals surface area contributed by atoms with Gasteiger partial charge < -0.3 is 9.84 Å². The highest BCUT2D eigenvalue weighted by Gasteiger charge is 2.16. The van der Waals surface area contributed by atoms with E-state index in [2.05, 4.69) is 0 Å². The standard InChI is InChI=1S/C17H14Cl2O3/c1-10-6-7-15(22-2)12(8-10)13(17(20)21)9-11-4-3-5-14(18)16(11)19/h3-9H,1-2H3,(H,20,21)/b13-9-. The first-order valence-corrected chi connectivity index (χ1v) is 7.23. The van der Waals surface area contributed by atoms with Gasteiger partial charge in [-0.3, -0.25) is 0 Å². The lowest BCUT2D eigenvalue weighted by atomic mass is 10.00. The van der Waals surface area contributed by atoms with Crippen LogP contribution in [0.4, 0.5) is 0 Å². The van der Waals surface area contributed by atoms with Crippen LogP contribution in [-0.2, 0) is 4.79 Å². The molecule has 0 bridgehead atoms. The summed E-state index contributed by atoms with van der Waals surface area (Å²) in [6, 6.07) is 10.4. The van der Waals surface area contributed by atoms with Crippen LogP contribution in [0.3, 0.4) is 0 Å². The van der Waals surface area contributed by atoms with Crippen LogP contribution in [0, 0.1) is 6.92 Å². The molecule has 5 heteroatoms. The Balaban J connectivity index is 2.66. The largest absolute Gasteiger partial charge is 0.496 e. The quantitative estimate of drug-likeness (QED) is 0.635. The van der Waals surface area contributed by atoms with E-state index >= 15 is 0 Å². The number of benzene rings is 2. The van der Waals surface area contributed by atoms with Gasteiger partial charge in [0.2, 0.25) is 0 Å². The number of aliphatic carboxylic acids is 1. The maximum Gasteiger partial charge on any atom is 0.336 e. The van der Waals surface area contributed by atoms with Gasteiger partial charge in [0, 0.05) is 5.56 Å². The molecule has 0 aliphatic rings. The van der Waals surface area contributed by atoms with E-state index in [4.69, 9.17) is 27.9 Å². The van der Waals surface area contributed by atoms with Crippen molar-refractivity contribution in [2.75, 3.05) is 7.11 Å². The number of ether oxygens (including phenoxy) is 1. The van der Waals surface area contributed by atoms with Crippen molar-refractivity contribution < 1.29 is 14.6 Å². The molecule has 22 heavy (non-hydrogen) atoms. The Hall–Kier alpha value is -1.97. The van der Waals surface area contributed by atoms with Gasteiger partial charge in [0.1, 0.15) is 5.75 Å². The van der Waals surface area contributed by atoms with Crippen molar-refractivity contribution in [2.24, 2.45) is 0 Å². The summed E-state index contributed by atoms with van der Waals surface area (Å²) in [4.78, 5) is 11.7. The summed E-state index contributed by atoms with van der Waals surface area (Å²) < 4.78 is 5.26. The summed E-state index contributed by atoms with van der Waals surface area (Å²) in [6.45, 7) is 1.88. The second kappa shape index (κ2) is 6.86. The van der Waals surface area contributed by atoms with E-state index in [0.717, 1.165) is 5.56 Å². The molecule has 2 aromatic carbocycles. The maximum atomic E-state index is 11.7. The number of hydrogen-bond donors (Lipinski definition) is 1. The van der Waals surface area contributed by atoms with Crippen LogP contribution in [-0.4, -0.2) is 18.2 Å². The van der Waals surface area contributed by atoms with E-state index in [1.165, 1.54) is 13.2 Å². The number of rotatable bonds is 4. The van der Waals surface area contributed by atoms with Gasteiger partial charge in [-0.15, -0.1) is 0 Å². The molecule has 0 aliphatic carbocycles. The van der Waals surface area contributed by atoms with Gasteiger partial charge in [-0.1, -0.05) is 47.0 Å². The molecule has 0 saturated heterocycles. The van der Waals surface area contributed by atoms with Crippen LogP contribution in [0.5, 0.6) is 5.75 Å². The van der Waals surface area contributed by atoms with E-state index in [1.807, 2.05) is 13.0 Å². The Bertz CT molecular complexity index is 752. The van der Waals surface area contributed by atoms with Crippen LogP contribution < -0.4 is 4.74 Å². The summed E-state index contributed by atoms with van der Waals surface area (Å²) in [7, 11) is 1.50. The van der Waals surface area contributed by atoms with Crippen LogP contribution in [0.2, 0.25) is 10.0 Å². The monoisotopic (exact) mass is 336 g/mol. The molecule has 0 amide bonds. The molecule has 1 N–H and O–H groups in total. The van der Waals surface area contributed by atoms with Crippen molar-refractivity contribution in [2.45, 2.75) is 6.92 Å². The molecule has 0 aromatic heterocycles. The Morgan fingerprint density at radius 2 is 1.95 bits per heavy atom. The van der Waals surface area contributed by atoms with E-state index in [-0.39, 0.29) is 5.57 Å². The van der Waals surface area contributed by atoms with Crippen molar-refractivity contribution in [3.05, 3.63) is 63.1 Å². The third-order valence-corrected chi connectivity index (χ3v) is 3.99. The number of methoxy groups -OCH3 is 1. The summed E-state index contributed by atoms with van der Waals surface area (Å²) in [6.07, 6.45) is 1.49. The first-order chi connectivity index (χ1) is 10.4. The molecule has 0 fully saturated rings. The zero-order valence-corrected chi connectivity index (χ0v) is 13.6. The number of carboxylic acid groups (broad SMARTS) is 1. The third-order valence-electron chi connectivity index (χ3n) is 3.16. The molecule has 0 spiro atoms. The van der Waals surface area contributed by atoms with Gasteiger partial charge in [-0.25, -0.2) is 4.79 Å². The lowest BCUT2D eigenvalue weighted by Gasteiger charge is -2.11. The fourth-order valence-corrected chi connectivity index (χ4v) is 2.44. The molecule has 0 aliphatic heterocycles. The lowest BCUT2D eigenvalue weighted by Crippen LogP contribution is -2.02. The number of carbonyl (C=O) groups is 1. The molecule has 0 radical (unpaired) electrons. The smallest absolute Gasteiger partial charge is 0.336 e. The summed E-state index contributed by atoms with van der Waals surface area (Å²) in [5.41, 5.74) is 2.05. The second-order valence-corrected chi connectivity index (χ2v) is 5.50. The van der Waals surface area contributed by atoms with Crippen LogP contribution in [0.1, 0.15) is 16.7 Å². The minimum Gasteiger partial charge on any atom is -0.496 e. The topological polar surface area (TPSA) is 46.5 Å². The predicted octanol–water partition coefficient (Wildman–Crippen LogP) is 4.94. The number of halogens is 2. The molecule has 0 saturated carbocycles. The van der Waals surface area contributed by atoms with Gasteiger partial charge in [-0.05, 0) is 36.8 Å². The van der Waals surface area contributed by atoms with Gasteiger partial charge in [0.25, 0.3) is 0 Å². The van der Waals surface area contributed by atoms with Crippen molar-refractivity contribution in [1.82, 2.24) is 0 Å². The molecular weight excluding hydrogens is 323 g/mol. The average Bonchev–Trinajstić information content (AvgIpc) is 2.48. The Morgan fingerprint density at radius 1 is 1.23 bits per heavy atom. The van der Waals surface area contributed by atoms with Gasteiger partial charge in [0.05, 0.1) is 22.7 Å². The second-order valence-electron chi connectivity index (χ2n) is 4.71. The highest BCUT2D eigenvalue weighted by Crippen LogP contribution is 2.32. The molecule has 3 nitrogen and oxygen atoms in total. The summed E-state index contributed by atoms with van der Waals surface area (Å²) in [5.74, 6) is -0.586. The Kier molecular flexibility index (Phi) is 5.11. The van der Waals surface area contributed by atoms with Crippen molar-refractivity contribution in [3.63, 3.8) is 0 Å². The fraction of sp³-hybridized carbons (Fsp3) is 0.118. The van der Waals surface area contributed by atoms with Crippen LogP contribution >= 0.6 is 23.2 Å². The van der Waals surface area contributed by atoms with Gasteiger partial charge in [-0.2, -0.15) is 0 Å². The fourth-order valence-electron chi connectivity index (χ4n) is 2.07. The minimum atomic E-state index is -1.07. The molecule has 0 unspecified atom stereocenters. The molecular formula is C17H14Cl2O3. The number of carboxylic acids is 1. The summed E-state index contributed by atoms with van der Waals surface area (Å²) in [5, 5.41) is 10.2. The maximum absolute atomic E-state index is 11.7. The normalized spacial score (nSPS) is 11.4. The van der Waals surface area contributed by atoms with Crippen molar-refractivity contribution in [3.8, 4) is 5.75 Å². The molecule has 0 atom stereocenters. The van der Waals surface area contributed by atoms with Crippen molar-refractivity contribution >= 4 is 40.8 Å². The Morgan fingerprint density at radius 3 is 2.59 bits per heavy atom. The SMILES string of the molecule is COc1ccc(C)cc1/C(=C/c1cccc(Cl)c1Cl)C(=O)O. The van der Waals surface area contributed by atoms with Crippen LogP contribution in [0.25, 0.3) is 11.6 Å². The van der Waals surface area contributed by atoms with Crippen molar-refractivity contribution in [1.29, 1.82) is 0 Å². The zero-order valence-electron chi connectivity index (χ0n) is 12.1. The number of hydrogen-bond acceptors (Lipinski definition) is 2. The number of aryl methyl sites for hydroxylation is 1. The van der Waals surface area contributed by atoms with E-state index in [1.54, 1.807) is 30.3 Å². The van der Waals surface area contributed by atoms with Crippen LogP contribution in [0.15, 0.2) is 36.4 Å². The van der Waals surface area contributed by atoms with E-state index < -0.39 is 5.97 Å². The van der Waals surface area contributed by atoms with Gasteiger partial charge in [0.15, 0.2) is 0 Å². The first-order valence-electron chi connectivity index (χ1n) is 6.48. The average molecular weight is 337 g/mol. The molecule has 114 valence electrons. The molecule has 2 rings (SSSR count). The molecule has 2 aromatic rings. The Labute approximate surface area is 138 Å².